The smallest absolute Gasteiger partial charge is 0.274 e. The average Bonchev–Trinajstić information content (AvgIpc) is 3.25. The number of aromatic nitrogens is 4. The Kier molecular flexibility index (Phi) is 5.13. The van der Waals surface area contributed by atoms with Gasteiger partial charge in [-0.05, 0) is 30.2 Å². The van der Waals surface area contributed by atoms with Crippen molar-refractivity contribution in [2.24, 2.45) is 0 Å². The Bertz CT molecular complexity index is 853. The van der Waals surface area contributed by atoms with Crippen LogP contribution in [0.3, 0.4) is 0 Å². The maximum absolute atomic E-state index is 12.4. The molecule has 0 aliphatic rings. The van der Waals surface area contributed by atoms with Crippen LogP contribution in [0.15, 0.2) is 48.9 Å². The van der Waals surface area contributed by atoms with Crippen LogP contribution in [0.5, 0.6) is 5.75 Å². The molecular formula is C18H21N5O2. The van der Waals surface area contributed by atoms with Gasteiger partial charge in [0.05, 0.1) is 25.5 Å². The van der Waals surface area contributed by atoms with Gasteiger partial charge in [-0.3, -0.25) is 14.2 Å². The number of nitrogens with zero attached hydrogens (tertiary/aromatic N) is 4. The fraction of sp³-hybridized carbons (Fsp3) is 0.278. The first-order valence-electron chi connectivity index (χ1n) is 8.18. The van der Waals surface area contributed by atoms with Crippen LogP contribution in [0.1, 0.15) is 29.4 Å². The SMILES string of the molecule is CCCn1nccc1C(=O)Nc1cnn(Cc2cccc(OC)c2)c1. The van der Waals surface area contributed by atoms with E-state index in [-0.39, 0.29) is 5.91 Å². The highest BCUT2D eigenvalue weighted by Gasteiger charge is 2.12. The predicted octanol–water partition coefficient (Wildman–Crippen LogP) is 2.80. The average molecular weight is 339 g/mol. The minimum absolute atomic E-state index is 0.188. The Balaban J connectivity index is 1.67. The zero-order valence-corrected chi connectivity index (χ0v) is 14.3. The highest BCUT2D eigenvalue weighted by atomic mass is 16.5. The number of amides is 1. The standard InChI is InChI=1S/C18H21N5O2/c1-3-9-23-17(7-8-19-23)18(24)21-15-11-20-22(13-15)12-14-5-4-6-16(10-14)25-2/h4-8,10-11,13H,3,9,12H2,1-2H3,(H,21,24). The lowest BCUT2D eigenvalue weighted by molar-refractivity contribution is 0.101. The molecular weight excluding hydrogens is 318 g/mol. The monoisotopic (exact) mass is 339 g/mol. The lowest BCUT2D eigenvalue weighted by Crippen LogP contribution is -2.17. The highest BCUT2D eigenvalue weighted by molar-refractivity contribution is 6.02. The number of hydrogen-bond acceptors (Lipinski definition) is 4. The van der Waals surface area contributed by atoms with Crippen molar-refractivity contribution in [3.8, 4) is 5.75 Å². The first kappa shape index (κ1) is 16.8. The van der Waals surface area contributed by atoms with Gasteiger partial charge in [0.1, 0.15) is 11.4 Å². The van der Waals surface area contributed by atoms with Crippen LogP contribution in [-0.2, 0) is 13.1 Å². The molecule has 0 spiro atoms. The Morgan fingerprint density at radius 3 is 2.96 bits per heavy atom. The van der Waals surface area contributed by atoms with Crippen LogP contribution in [0, 0.1) is 0 Å². The number of methoxy groups -OCH3 is 1. The van der Waals surface area contributed by atoms with E-state index in [9.17, 15) is 4.79 Å². The molecule has 0 unspecified atom stereocenters. The summed E-state index contributed by atoms with van der Waals surface area (Å²) < 4.78 is 8.70. The first-order chi connectivity index (χ1) is 12.2. The van der Waals surface area contributed by atoms with Gasteiger partial charge in [0, 0.05) is 18.9 Å². The van der Waals surface area contributed by atoms with E-state index in [1.807, 2.05) is 31.2 Å². The molecule has 25 heavy (non-hydrogen) atoms. The molecule has 0 aliphatic carbocycles. The van der Waals surface area contributed by atoms with Crippen molar-refractivity contribution in [3.05, 3.63) is 60.2 Å². The summed E-state index contributed by atoms with van der Waals surface area (Å²) in [6.07, 6.45) is 5.99. The summed E-state index contributed by atoms with van der Waals surface area (Å²) in [7, 11) is 1.64. The lowest BCUT2D eigenvalue weighted by atomic mass is 10.2. The number of benzene rings is 1. The van der Waals surface area contributed by atoms with Gasteiger partial charge in [-0.25, -0.2) is 0 Å². The fourth-order valence-electron chi connectivity index (χ4n) is 2.58. The first-order valence-corrected chi connectivity index (χ1v) is 8.18. The van der Waals surface area contributed by atoms with Crippen LogP contribution in [0.4, 0.5) is 5.69 Å². The molecule has 7 nitrogen and oxygen atoms in total. The van der Waals surface area contributed by atoms with E-state index in [4.69, 9.17) is 4.74 Å². The van der Waals surface area contributed by atoms with E-state index < -0.39 is 0 Å². The second kappa shape index (κ2) is 7.65. The molecule has 0 atom stereocenters. The second-order valence-electron chi connectivity index (χ2n) is 5.67. The van der Waals surface area contributed by atoms with Gasteiger partial charge >= 0.3 is 0 Å². The summed E-state index contributed by atoms with van der Waals surface area (Å²) in [6, 6.07) is 9.52. The number of nitrogens with one attached hydrogen (secondary N) is 1. The second-order valence-corrected chi connectivity index (χ2v) is 5.67. The van der Waals surface area contributed by atoms with Gasteiger partial charge < -0.3 is 10.1 Å². The van der Waals surface area contributed by atoms with E-state index >= 15 is 0 Å². The molecule has 2 aromatic heterocycles. The van der Waals surface area contributed by atoms with Crippen LogP contribution < -0.4 is 10.1 Å². The number of ether oxygens (including phenoxy) is 1. The molecule has 3 rings (SSSR count). The Morgan fingerprint density at radius 1 is 1.28 bits per heavy atom. The number of carbonyl (C=O) groups is 1. The summed E-state index contributed by atoms with van der Waals surface area (Å²) >= 11 is 0. The Hall–Kier alpha value is -3.09. The fourth-order valence-corrected chi connectivity index (χ4v) is 2.58. The minimum atomic E-state index is -0.188. The van der Waals surface area contributed by atoms with E-state index in [1.165, 1.54) is 0 Å². The number of aryl methyl sites for hydroxylation is 1. The summed E-state index contributed by atoms with van der Waals surface area (Å²) in [5.41, 5.74) is 2.26. The molecule has 1 amide bonds. The van der Waals surface area contributed by atoms with Crippen LogP contribution >= 0.6 is 0 Å². The molecule has 0 aliphatic heterocycles. The summed E-state index contributed by atoms with van der Waals surface area (Å²) in [5, 5.41) is 11.3. The van der Waals surface area contributed by atoms with Gasteiger partial charge in [0.2, 0.25) is 0 Å². The van der Waals surface area contributed by atoms with Crippen molar-refractivity contribution in [3.63, 3.8) is 0 Å². The third kappa shape index (κ3) is 4.06. The zero-order valence-electron chi connectivity index (χ0n) is 14.3. The van der Waals surface area contributed by atoms with Crippen LogP contribution in [-0.4, -0.2) is 32.6 Å². The van der Waals surface area contributed by atoms with E-state index in [0.29, 0.717) is 24.5 Å². The quantitative estimate of drug-likeness (QED) is 0.718. The third-order valence-electron chi connectivity index (χ3n) is 3.75. The topological polar surface area (TPSA) is 74.0 Å². The highest BCUT2D eigenvalue weighted by Crippen LogP contribution is 2.15. The van der Waals surface area contributed by atoms with Gasteiger partial charge in [0.25, 0.3) is 5.91 Å². The molecule has 0 saturated carbocycles. The van der Waals surface area contributed by atoms with Crippen molar-refractivity contribution in [2.45, 2.75) is 26.4 Å². The predicted molar refractivity (Wildman–Crippen MR) is 94.8 cm³/mol. The number of anilines is 1. The number of rotatable bonds is 7. The molecule has 7 heteroatoms. The van der Waals surface area contributed by atoms with Gasteiger partial charge in [-0.15, -0.1) is 0 Å². The summed E-state index contributed by atoms with van der Waals surface area (Å²) in [6.45, 7) is 3.36. The van der Waals surface area contributed by atoms with E-state index in [1.54, 1.807) is 41.1 Å². The zero-order chi connectivity index (χ0) is 17.6. The van der Waals surface area contributed by atoms with Gasteiger partial charge in [-0.2, -0.15) is 10.2 Å². The lowest BCUT2D eigenvalue weighted by Gasteiger charge is -2.06. The minimum Gasteiger partial charge on any atom is -0.497 e. The molecule has 0 bridgehead atoms. The molecule has 130 valence electrons. The van der Waals surface area contributed by atoms with E-state index in [0.717, 1.165) is 17.7 Å². The van der Waals surface area contributed by atoms with E-state index in [2.05, 4.69) is 15.5 Å². The van der Waals surface area contributed by atoms with Gasteiger partial charge in [-0.1, -0.05) is 19.1 Å². The largest absolute Gasteiger partial charge is 0.497 e. The van der Waals surface area contributed by atoms with Crippen molar-refractivity contribution in [1.82, 2.24) is 19.6 Å². The maximum Gasteiger partial charge on any atom is 0.274 e. The maximum atomic E-state index is 12.4. The van der Waals surface area contributed by atoms with Crippen LogP contribution in [0.2, 0.25) is 0 Å². The molecule has 2 heterocycles. The molecule has 0 radical (unpaired) electrons. The molecule has 0 fully saturated rings. The summed E-state index contributed by atoms with van der Waals surface area (Å²) in [5.74, 6) is 0.620. The Morgan fingerprint density at radius 2 is 2.16 bits per heavy atom. The summed E-state index contributed by atoms with van der Waals surface area (Å²) in [4.78, 5) is 12.4. The molecule has 3 aromatic rings. The van der Waals surface area contributed by atoms with Crippen molar-refractivity contribution in [1.29, 1.82) is 0 Å². The van der Waals surface area contributed by atoms with Gasteiger partial charge in [0.15, 0.2) is 0 Å². The van der Waals surface area contributed by atoms with Crippen molar-refractivity contribution < 1.29 is 9.53 Å². The van der Waals surface area contributed by atoms with Crippen molar-refractivity contribution >= 4 is 11.6 Å². The normalized spacial score (nSPS) is 10.6. The molecule has 1 aromatic carbocycles. The third-order valence-corrected chi connectivity index (χ3v) is 3.75. The van der Waals surface area contributed by atoms with Crippen molar-refractivity contribution in [2.75, 3.05) is 12.4 Å². The molecule has 1 N–H and O–H groups in total. The molecule has 0 saturated heterocycles. The number of carbonyl (C=O) groups excluding carboxylic acids is 1. The number of hydrogen-bond donors (Lipinski definition) is 1. The van der Waals surface area contributed by atoms with Crippen LogP contribution in [0.25, 0.3) is 0 Å². The Labute approximate surface area is 146 Å².